The first-order valence-electron chi connectivity index (χ1n) is 6.29. The van der Waals surface area contributed by atoms with Crippen molar-refractivity contribution in [3.05, 3.63) is 22.7 Å². The average Bonchev–Trinajstić information content (AvgIpc) is 2.44. The summed E-state index contributed by atoms with van der Waals surface area (Å²) in [4.78, 5) is 12.1. The molecule has 0 saturated heterocycles. The summed E-state index contributed by atoms with van der Waals surface area (Å²) in [6.07, 6.45) is -0.904. The van der Waals surface area contributed by atoms with Crippen molar-refractivity contribution >= 4 is 32.0 Å². The first-order chi connectivity index (χ1) is 9.61. The van der Waals surface area contributed by atoms with Crippen LogP contribution in [0.25, 0.3) is 0 Å². The van der Waals surface area contributed by atoms with Crippen molar-refractivity contribution in [2.75, 3.05) is 13.2 Å². The first kappa shape index (κ1) is 16.1. The average molecular weight is 378 g/mol. The second kappa shape index (κ2) is 5.49. The molecule has 0 aliphatic carbocycles. The van der Waals surface area contributed by atoms with Gasteiger partial charge in [0.15, 0.2) is 0 Å². The quantitative estimate of drug-likeness (QED) is 0.694. The summed E-state index contributed by atoms with van der Waals surface area (Å²) in [7, 11) is -4.01. The van der Waals surface area contributed by atoms with Crippen LogP contribution in [0, 0.1) is 0 Å². The Bertz CT molecular complexity index is 666. The number of hydrogen-bond donors (Lipinski definition) is 0. The Balaban J connectivity index is 2.44. The lowest BCUT2D eigenvalue weighted by Gasteiger charge is -2.25. The van der Waals surface area contributed by atoms with Crippen molar-refractivity contribution in [1.29, 1.82) is 0 Å². The Hall–Kier alpha value is -1.28. The molecule has 1 aliphatic rings. The summed E-state index contributed by atoms with van der Waals surface area (Å²) in [6.45, 7) is 5.01. The highest BCUT2D eigenvalue weighted by Gasteiger charge is 2.37. The van der Waals surface area contributed by atoms with E-state index in [4.69, 9.17) is 9.47 Å². The van der Waals surface area contributed by atoms with Crippen LogP contribution in [0.1, 0.15) is 20.8 Å². The molecule has 0 fully saturated rings. The number of carbonyl (C=O) groups excluding carboxylic acids is 1. The van der Waals surface area contributed by atoms with Crippen LogP contribution in [-0.4, -0.2) is 37.6 Å². The van der Waals surface area contributed by atoms with Crippen molar-refractivity contribution < 1.29 is 22.7 Å². The maximum absolute atomic E-state index is 12.6. The molecule has 0 bridgehead atoms. The van der Waals surface area contributed by atoms with E-state index in [1.165, 1.54) is 6.07 Å². The van der Waals surface area contributed by atoms with E-state index in [9.17, 15) is 13.2 Å². The highest BCUT2D eigenvalue weighted by molar-refractivity contribution is 9.10. The third-order valence-corrected chi connectivity index (χ3v) is 4.90. The second-order valence-electron chi connectivity index (χ2n) is 5.50. The molecule has 0 spiro atoms. The van der Waals surface area contributed by atoms with Gasteiger partial charge in [0.1, 0.15) is 22.9 Å². The Kier molecular flexibility index (Phi) is 4.21. The van der Waals surface area contributed by atoms with Crippen molar-refractivity contribution in [2.45, 2.75) is 31.3 Å². The fourth-order valence-electron chi connectivity index (χ4n) is 1.78. The van der Waals surface area contributed by atoms with Gasteiger partial charge >= 0.3 is 6.09 Å². The zero-order valence-corrected chi connectivity index (χ0v) is 14.3. The lowest BCUT2D eigenvalue weighted by Crippen LogP contribution is -2.41. The fraction of sp³-hybridized carbons (Fsp3) is 0.462. The number of carbonyl (C=O) groups is 1. The van der Waals surface area contributed by atoms with Gasteiger partial charge in [-0.3, -0.25) is 0 Å². The van der Waals surface area contributed by atoms with Gasteiger partial charge in [0.05, 0.1) is 6.54 Å². The van der Waals surface area contributed by atoms with Crippen LogP contribution in [0.15, 0.2) is 27.6 Å². The lowest BCUT2D eigenvalue weighted by atomic mass is 10.2. The van der Waals surface area contributed by atoms with Gasteiger partial charge < -0.3 is 9.47 Å². The van der Waals surface area contributed by atoms with Crippen LogP contribution in [0.5, 0.6) is 5.75 Å². The van der Waals surface area contributed by atoms with Crippen LogP contribution in [0.4, 0.5) is 4.79 Å². The first-order valence-corrected chi connectivity index (χ1v) is 8.53. The normalized spacial score (nSPS) is 17.4. The smallest absolute Gasteiger partial charge is 0.424 e. The van der Waals surface area contributed by atoms with E-state index in [1.807, 2.05) is 0 Å². The molecule has 0 N–H and O–H groups in total. The predicted octanol–water partition coefficient (Wildman–Crippen LogP) is 2.77. The van der Waals surface area contributed by atoms with Gasteiger partial charge in [-0.1, -0.05) is 15.9 Å². The van der Waals surface area contributed by atoms with Crippen LogP contribution >= 0.6 is 15.9 Å². The van der Waals surface area contributed by atoms with E-state index in [1.54, 1.807) is 32.9 Å². The monoisotopic (exact) mass is 377 g/mol. The van der Waals surface area contributed by atoms with Gasteiger partial charge in [-0.15, -0.1) is 0 Å². The highest BCUT2D eigenvalue weighted by Crippen LogP contribution is 2.32. The van der Waals surface area contributed by atoms with Gasteiger partial charge in [-0.25, -0.2) is 13.2 Å². The molecule has 1 aromatic carbocycles. The number of fused-ring (bicyclic) bond motifs is 1. The van der Waals surface area contributed by atoms with Gasteiger partial charge in [0.2, 0.25) is 0 Å². The van der Waals surface area contributed by atoms with Gasteiger partial charge in [0.25, 0.3) is 10.0 Å². The number of ether oxygens (including phenoxy) is 2. The molecule has 1 heterocycles. The lowest BCUT2D eigenvalue weighted by molar-refractivity contribution is 0.0381. The Morgan fingerprint density at radius 3 is 2.67 bits per heavy atom. The van der Waals surface area contributed by atoms with E-state index in [2.05, 4.69) is 15.9 Å². The minimum Gasteiger partial charge on any atom is -0.490 e. The number of rotatable bonds is 0. The third-order valence-electron chi connectivity index (χ3n) is 2.62. The van der Waals surface area contributed by atoms with Crippen molar-refractivity contribution in [3.8, 4) is 5.75 Å². The molecule has 8 heteroatoms. The molecule has 0 unspecified atom stereocenters. The van der Waals surface area contributed by atoms with Crippen LogP contribution in [-0.2, 0) is 14.8 Å². The topological polar surface area (TPSA) is 72.9 Å². The van der Waals surface area contributed by atoms with E-state index in [-0.39, 0.29) is 23.8 Å². The molecule has 2 rings (SSSR count). The molecular formula is C13H16BrNO5S. The minimum absolute atomic E-state index is 0.0553. The molecule has 0 radical (unpaired) electrons. The molecule has 0 saturated carbocycles. The fourth-order valence-corrected chi connectivity index (χ4v) is 3.74. The molecule has 0 atom stereocenters. The SMILES string of the molecule is CC(C)(C)OC(=O)N1CCOc2ccc(Br)cc2S1(=O)=O. The Morgan fingerprint density at radius 2 is 2.05 bits per heavy atom. The van der Waals surface area contributed by atoms with Crippen LogP contribution in [0.3, 0.4) is 0 Å². The van der Waals surface area contributed by atoms with Crippen LogP contribution in [0.2, 0.25) is 0 Å². The standard InChI is InChI=1S/C13H16BrNO5S/c1-13(2,3)20-12(16)15-6-7-19-10-5-4-9(14)8-11(10)21(15,17)18/h4-5,8H,6-7H2,1-3H3. The van der Waals surface area contributed by atoms with Gasteiger partial charge in [-0.05, 0) is 39.0 Å². The van der Waals surface area contributed by atoms with Crippen LogP contribution < -0.4 is 4.74 Å². The number of hydrogen-bond acceptors (Lipinski definition) is 5. The van der Waals surface area contributed by atoms with Crippen molar-refractivity contribution in [2.24, 2.45) is 0 Å². The van der Waals surface area contributed by atoms with Gasteiger partial charge in [-0.2, -0.15) is 4.31 Å². The van der Waals surface area contributed by atoms with Crippen molar-refractivity contribution in [1.82, 2.24) is 4.31 Å². The maximum atomic E-state index is 12.6. The number of nitrogens with zero attached hydrogens (tertiary/aromatic N) is 1. The summed E-state index contributed by atoms with van der Waals surface area (Å²) in [5.41, 5.74) is -0.778. The number of halogens is 1. The largest absolute Gasteiger partial charge is 0.490 e. The Labute approximate surface area is 132 Å². The van der Waals surface area contributed by atoms with Gasteiger partial charge in [0, 0.05) is 4.47 Å². The molecule has 116 valence electrons. The van der Waals surface area contributed by atoms with E-state index >= 15 is 0 Å². The molecule has 1 aliphatic heterocycles. The summed E-state index contributed by atoms with van der Waals surface area (Å²) >= 11 is 3.22. The maximum Gasteiger partial charge on any atom is 0.424 e. The highest BCUT2D eigenvalue weighted by atomic mass is 79.9. The minimum atomic E-state index is -4.01. The third kappa shape index (κ3) is 3.49. The summed E-state index contributed by atoms with van der Waals surface area (Å²) in [5.74, 6) is 0.226. The van der Waals surface area contributed by atoms with E-state index in [0.717, 1.165) is 0 Å². The summed E-state index contributed by atoms with van der Waals surface area (Å²) in [5, 5.41) is 0. The molecule has 1 aromatic rings. The molecule has 21 heavy (non-hydrogen) atoms. The number of sulfonamides is 1. The summed E-state index contributed by atoms with van der Waals surface area (Å²) in [6, 6.07) is 4.64. The van der Waals surface area contributed by atoms with E-state index < -0.39 is 21.7 Å². The van der Waals surface area contributed by atoms with Crippen molar-refractivity contribution in [3.63, 3.8) is 0 Å². The number of benzene rings is 1. The predicted molar refractivity (Wildman–Crippen MR) is 79.8 cm³/mol. The summed E-state index contributed by atoms with van der Waals surface area (Å²) < 4.78 is 37.1. The second-order valence-corrected chi connectivity index (χ2v) is 8.24. The molecular weight excluding hydrogens is 362 g/mol. The molecule has 0 aromatic heterocycles. The zero-order chi connectivity index (χ0) is 15.8. The Morgan fingerprint density at radius 1 is 1.38 bits per heavy atom. The molecule has 1 amide bonds. The zero-order valence-electron chi connectivity index (χ0n) is 11.9. The molecule has 6 nitrogen and oxygen atoms in total. The van der Waals surface area contributed by atoms with E-state index in [0.29, 0.717) is 8.78 Å². The number of amides is 1.